The lowest BCUT2D eigenvalue weighted by molar-refractivity contribution is -0.142. The molecule has 1 aromatic heterocycles. The fourth-order valence-electron chi connectivity index (χ4n) is 6.83. The van der Waals surface area contributed by atoms with E-state index in [2.05, 4.69) is 10.5 Å². The zero-order chi connectivity index (χ0) is 31.8. The molecule has 2 aliphatic heterocycles. The van der Waals surface area contributed by atoms with Crippen molar-refractivity contribution < 1.29 is 30.9 Å². The average Bonchev–Trinajstić information content (AvgIpc) is 3.82. The number of alkyl halides is 6. The van der Waals surface area contributed by atoms with Crippen molar-refractivity contribution in [3.63, 3.8) is 0 Å². The van der Waals surface area contributed by atoms with E-state index in [4.69, 9.17) is 14.5 Å². The molecular formula is C35H22F6N4O. The number of rotatable bonds is 4. The number of amidine groups is 1. The van der Waals surface area contributed by atoms with Crippen LogP contribution in [0.25, 0.3) is 22.9 Å². The second-order valence-corrected chi connectivity index (χ2v) is 11.6. The second kappa shape index (κ2) is 9.90. The van der Waals surface area contributed by atoms with Crippen molar-refractivity contribution in [2.75, 3.05) is 0 Å². The van der Waals surface area contributed by atoms with Crippen LogP contribution in [0, 0.1) is 0 Å². The summed E-state index contributed by atoms with van der Waals surface area (Å²) in [6.07, 6.45) is -1.70. The largest absolute Gasteiger partial charge is 0.417 e. The molecule has 3 heterocycles. The Balaban J connectivity index is 1.18. The molecular weight excluding hydrogens is 606 g/mol. The van der Waals surface area contributed by atoms with E-state index < -0.39 is 34.6 Å². The van der Waals surface area contributed by atoms with E-state index in [1.165, 1.54) is 6.07 Å². The first-order valence-electron chi connectivity index (χ1n) is 14.5. The second-order valence-electron chi connectivity index (χ2n) is 11.6. The summed E-state index contributed by atoms with van der Waals surface area (Å²) in [6, 6.07) is 20.0. The molecule has 3 aromatic carbocycles. The molecule has 3 atom stereocenters. The van der Waals surface area contributed by atoms with Gasteiger partial charge in [-0.2, -0.15) is 26.3 Å². The molecule has 3 unspecified atom stereocenters. The first kappa shape index (κ1) is 28.3. The molecule has 0 fully saturated rings. The van der Waals surface area contributed by atoms with E-state index in [0.29, 0.717) is 18.1 Å². The molecule has 0 amide bonds. The molecule has 4 aromatic rings. The number of fused-ring (bicyclic) bond motifs is 1. The Bertz CT molecular complexity index is 2050. The van der Waals surface area contributed by atoms with Crippen LogP contribution >= 0.6 is 0 Å². The normalized spacial score (nSPS) is 23.2. The fourth-order valence-corrected chi connectivity index (χ4v) is 6.83. The van der Waals surface area contributed by atoms with Crippen LogP contribution in [0.3, 0.4) is 0 Å². The van der Waals surface area contributed by atoms with Crippen molar-refractivity contribution in [3.05, 3.63) is 136 Å². The number of allylic oxidation sites excluding steroid dienone is 2. The van der Waals surface area contributed by atoms with Gasteiger partial charge in [-0.3, -0.25) is 4.99 Å². The van der Waals surface area contributed by atoms with E-state index in [1.54, 1.807) is 0 Å². The molecule has 8 rings (SSSR count). The number of hydrogen-bond acceptors (Lipinski definition) is 5. The molecule has 5 nitrogen and oxygen atoms in total. The molecule has 0 radical (unpaired) electrons. The van der Waals surface area contributed by atoms with Crippen molar-refractivity contribution in [3.8, 4) is 11.3 Å². The summed E-state index contributed by atoms with van der Waals surface area (Å²) in [5.41, 5.74) is 0.906. The minimum absolute atomic E-state index is 0.103. The summed E-state index contributed by atoms with van der Waals surface area (Å²) in [5.74, 6) is 0.606. The van der Waals surface area contributed by atoms with Crippen molar-refractivity contribution in [1.29, 1.82) is 0 Å². The van der Waals surface area contributed by atoms with Crippen LogP contribution in [0.15, 0.2) is 117 Å². The summed E-state index contributed by atoms with van der Waals surface area (Å²) in [7, 11) is 0. The zero-order valence-corrected chi connectivity index (χ0v) is 23.7. The molecule has 1 spiro atoms. The highest BCUT2D eigenvalue weighted by Crippen LogP contribution is 2.52. The van der Waals surface area contributed by atoms with Gasteiger partial charge in [-0.1, -0.05) is 71.9 Å². The number of halogens is 6. The van der Waals surface area contributed by atoms with Gasteiger partial charge in [0.15, 0.2) is 5.76 Å². The topological polar surface area (TPSA) is 62.8 Å². The average molecular weight is 629 g/mol. The van der Waals surface area contributed by atoms with Gasteiger partial charge in [-0.15, -0.1) is 0 Å². The van der Waals surface area contributed by atoms with Gasteiger partial charge in [0, 0.05) is 35.1 Å². The Hall–Kier alpha value is -5.19. The highest BCUT2D eigenvalue weighted by Gasteiger charge is 2.53. The van der Waals surface area contributed by atoms with Gasteiger partial charge in [0.1, 0.15) is 17.1 Å². The molecule has 0 bridgehead atoms. The van der Waals surface area contributed by atoms with Gasteiger partial charge in [0.2, 0.25) is 0 Å². The zero-order valence-electron chi connectivity index (χ0n) is 23.7. The first-order valence-corrected chi connectivity index (χ1v) is 14.5. The summed E-state index contributed by atoms with van der Waals surface area (Å²) in [4.78, 5) is 10.3. The standard InChI is InChI=1S/C35H22F6N4O/c36-34(37,38)21-13-14-23(25(16-21)35(39,40)41)26-17-28(46-45-26)24-15-20-9-4-5-10-22(20)31(24)27-18-33-29(42-27)11-6-12-30(33)43-32(44-33)19-7-2-1-3-8-19/h1-17,27,31H,18H2,(H,43,44). The predicted octanol–water partition coefficient (Wildman–Crippen LogP) is 8.47. The highest BCUT2D eigenvalue weighted by molar-refractivity contribution is 6.14. The van der Waals surface area contributed by atoms with Gasteiger partial charge in [0.25, 0.3) is 0 Å². The number of nitrogens with one attached hydrogen (secondary N) is 1. The van der Waals surface area contributed by atoms with Gasteiger partial charge >= 0.3 is 12.4 Å². The van der Waals surface area contributed by atoms with Crippen LogP contribution in [0.2, 0.25) is 0 Å². The Morgan fingerprint density at radius 1 is 0.870 bits per heavy atom. The molecule has 230 valence electrons. The summed E-state index contributed by atoms with van der Waals surface area (Å²) < 4.78 is 87.4. The van der Waals surface area contributed by atoms with E-state index in [9.17, 15) is 26.3 Å². The summed E-state index contributed by atoms with van der Waals surface area (Å²) in [6.45, 7) is 0. The fraction of sp³-hybridized carbons (Fsp3) is 0.171. The van der Waals surface area contributed by atoms with Gasteiger partial charge in [-0.05, 0) is 41.5 Å². The van der Waals surface area contributed by atoms with Crippen LogP contribution in [-0.4, -0.2) is 28.3 Å². The summed E-state index contributed by atoms with van der Waals surface area (Å²) in [5, 5.41) is 7.37. The highest BCUT2D eigenvalue weighted by atomic mass is 19.4. The van der Waals surface area contributed by atoms with Crippen LogP contribution in [0.1, 0.15) is 45.9 Å². The number of aromatic nitrogens is 1. The van der Waals surface area contributed by atoms with Crippen LogP contribution in [-0.2, 0) is 12.4 Å². The minimum atomic E-state index is -5.05. The predicted molar refractivity (Wildman–Crippen MR) is 161 cm³/mol. The number of hydrogen-bond donors (Lipinski definition) is 1. The van der Waals surface area contributed by atoms with E-state index >= 15 is 0 Å². The molecule has 0 saturated heterocycles. The van der Waals surface area contributed by atoms with Crippen LogP contribution in [0.5, 0.6) is 0 Å². The van der Waals surface area contributed by atoms with Crippen molar-refractivity contribution in [1.82, 2.24) is 10.5 Å². The molecule has 11 heteroatoms. The third-order valence-corrected chi connectivity index (χ3v) is 8.88. The number of aliphatic imine (C=N–C) groups is 2. The molecule has 2 aliphatic carbocycles. The third-order valence-electron chi connectivity index (χ3n) is 8.88. The SMILES string of the molecule is FC(F)(F)c1ccc(-c2cc(C3=Cc4ccccc4C3C3CC45N=C(c6ccccc6)NC4=CC=CC5=N3)on2)c(C(F)(F)F)c1. The van der Waals surface area contributed by atoms with Crippen LogP contribution < -0.4 is 5.32 Å². The maximum Gasteiger partial charge on any atom is 0.417 e. The Morgan fingerprint density at radius 2 is 1.65 bits per heavy atom. The van der Waals surface area contributed by atoms with E-state index in [1.807, 2.05) is 78.9 Å². The van der Waals surface area contributed by atoms with E-state index in [0.717, 1.165) is 40.0 Å². The lowest BCUT2D eigenvalue weighted by Crippen LogP contribution is -2.37. The minimum Gasteiger partial charge on any atom is -0.356 e. The maximum absolute atomic E-state index is 14.0. The van der Waals surface area contributed by atoms with Crippen molar-refractivity contribution >= 4 is 23.2 Å². The van der Waals surface area contributed by atoms with Crippen molar-refractivity contribution in [2.24, 2.45) is 9.98 Å². The Morgan fingerprint density at radius 3 is 2.43 bits per heavy atom. The quantitative estimate of drug-likeness (QED) is 0.231. The van der Waals surface area contributed by atoms with Gasteiger partial charge in [-0.25, -0.2) is 4.99 Å². The third kappa shape index (κ3) is 4.44. The van der Waals surface area contributed by atoms with Gasteiger partial charge < -0.3 is 9.84 Å². The smallest absolute Gasteiger partial charge is 0.356 e. The molecule has 4 aliphatic rings. The van der Waals surface area contributed by atoms with Gasteiger partial charge in [0.05, 0.1) is 28.6 Å². The van der Waals surface area contributed by atoms with E-state index in [-0.39, 0.29) is 29.5 Å². The Kier molecular flexibility index (Phi) is 6.09. The molecule has 0 saturated carbocycles. The number of nitrogens with zero attached hydrogens (tertiary/aromatic N) is 3. The lowest BCUT2D eigenvalue weighted by atomic mass is 9.79. The number of benzene rings is 3. The molecule has 1 N–H and O–H groups in total. The first-order chi connectivity index (χ1) is 22.0. The monoisotopic (exact) mass is 628 g/mol. The summed E-state index contributed by atoms with van der Waals surface area (Å²) >= 11 is 0. The Labute approximate surface area is 258 Å². The van der Waals surface area contributed by atoms with Crippen LogP contribution in [0.4, 0.5) is 26.3 Å². The lowest BCUT2D eigenvalue weighted by Gasteiger charge is -2.27. The van der Waals surface area contributed by atoms with Crippen molar-refractivity contribution in [2.45, 2.75) is 36.3 Å². The molecule has 46 heavy (non-hydrogen) atoms. The maximum atomic E-state index is 14.0.